The topological polar surface area (TPSA) is 73.4 Å². The Labute approximate surface area is 143 Å². The van der Waals surface area contributed by atoms with Gasteiger partial charge >= 0.3 is 6.03 Å². The molecule has 2 aliphatic rings. The molecule has 2 N–H and O–H groups in total. The molecule has 2 amide bonds. The predicted octanol–water partition coefficient (Wildman–Crippen LogP) is 0.487. The third kappa shape index (κ3) is 4.42. The number of piperazine rings is 1. The standard InChI is InChI=1S/C17H28N6O/c1-2-15-16(3-5-20-15)21-17(24)23-11-9-22(10-12-23)8-4-14-13-18-6-7-19-14/h6-7,13,15-16,20H,2-5,8-12H2,1H3,(H,21,24)/t15-,16+/m0/s1. The average molecular weight is 332 g/mol. The van der Waals surface area contributed by atoms with Gasteiger partial charge in [0.15, 0.2) is 0 Å². The summed E-state index contributed by atoms with van der Waals surface area (Å²) in [4.78, 5) is 25.2. The molecule has 7 heteroatoms. The van der Waals surface area contributed by atoms with Crippen LogP contribution in [0.4, 0.5) is 4.79 Å². The van der Waals surface area contributed by atoms with Gasteiger partial charge in [-0.15, -0.1) is 0 Å². The summed E-state index contributed by atoms with van der Waals surface area (Å²) in [6.07, 6.45) is 8.25. The molecule has 1 aromatic heterocycles. The van der Waals surface area contributed by atoms with Gasteiger partial charge in [-0.25, -0.2) is 4.79 Å². The predicted molar refractivity (Wildman–Crippen MR) is 92.8 cm³/mol. The van der Waals surface area contributed by atoms with Crippen LogP contribution in [0.3, 0.4) is 0 Å². The van der Waals surface area contributed by atoms with Crippen molar-refractivity contribution >= 4 is 6.03 Å². The number of hydrogen-bond donors (Lipinski definition) is 2. The van der Waals surface area contributed by atoms with Gasteiger partial charge in [0, 0.05) is 69.8 Å². The molecule has 0 radical (unpaired) electrons. The highest BCUT2D eigenvalue weighted by molar-refractivity contribution is 5.74. The summed E-state index contributed by atoms with van der Waals surface area (Å²) in [5.41, 5.74) is 1.03. The zero-order valence-electron chi connectivity index (χ0n) is 14.4. The van der Waals surface area contributed by atoms with E-state index in [1.54, 1.807) is 12.4 Å². The van der Waals surface area contributed by atoms with E-state index in [2.05, 4.69) is 32.4 Å². The highest BCUT2D eigenvalue weighted by atomic mass is 16.2. The Morgan fingerprint density at radius 3 is 2.88 bits per heavy atom. The Morgan fingerprint density at radius 2 is 2.17 bits per heavy atom. The van der Waals surface area contributed by atoms with Crippen molar-refractivity contribution in [2.24, 2.45) is 0 Å². The summed E-state index contributed by atoms with van der Waals surface area (Å²) < 4.78 is 0. The van der Waals surface area contributed by atoms with Crippen LogP contribution < -0.4 is 10.6 Å². The highest BCUT2D eigenvalue weighted by Gasteiger charge is 2.29. The molecule has 2 aliphatic heterocycles. The van der Waals surface area contributed by atoms with Gasteiger partial charge < -0.3 is 15.5 Å². The van der Waals surface area contributed by atoms with Gasteiger partial charge in [-0.1, -0.05) is 6.92 Å². The summed E-state index contributed by atoms with van der Waals surface area (Å²) in [6, 6.07) is 0.787. The molecule has 7 nitrogen and oxygen atoms in total. The minimum absolute atomic E-state index is 0.0933. The number of carbonyl (C=O) groups is 1. The van der Waals surface area contributed by atoms with Gasteiger partial charge in [-0.2, -0.15) is 0 Å². The van der Waals surface area contributed by atoms with E-state index in [1.807, 2.05) is 11.1 Å². The quantitative estimate of drug-likeness (QED) is 0.821. The van der Waals surface area contributed by atoms with E-state index in [-0.39, 0.29) is 12.1 Å². The highest BCUT2D eigenvalue weighted by Crippen LogP contribution is 2.11. The Morgan fingerprint density at radius 1 is 1.33 bits per heavy atom. The number of amides is 2. The van der Waals surface area contributed by atoms with Crippen molar-refractivity contribution < 1.29 is 4.79 Å². The Kier molecular flexibility index (Phi) is 5.98. The fourth-order valence-corrected chi connectivity index (χ4v) is 3.53. The van der Waals surface area contributed by atoms with E-state index in [4.69, 9.17) is 0 Å². The van der Waals surface area contributed by atoms with Crippen molar-refractivity contribution in [2.75, 3.05) is 39.3 Å². The number of rotatable bonds is 5. The summed E-state index contributed by atoms with van der Waals surface area (Å²) >= 11 is 0. The SMILES string of the molecule is CC[C@@H]1NCC[C@H]1NC(=O)N1CCN(CCc2cnccn2)CC1. The number of carbonyl (C=O) groups excluding carboxylic acids is 1. The van der Waals surface area contributed by atoms with E-state index in [0.717, 1.165) is 64.2 Å². The van der Waals surface area contributed by atoms with Crippen LogP contribution in [0.2, 0.25) is 0 Å². The first kappa shape index (κ1) is 17.1. The zero-order valence-corrected chi connectivity index (χ0v) is 14.4. The van der Waals surface area contributed by atoms with Gasteiger partial charge in [0.25, 0.3) is 0 Å². The van der Waals surface area contributed by atoms with Gasteiger partial charge in [-0.3, -0.25) is 14.9 Å². The molecular weight excluding hydrogens is 304 g/mol. The number of aromatic nitrogens is 2. The van der Waals surface area contributed by atoms with Crippen LogP contribution >= 0.6 is 0 Å². The molecule has 0 unspecified atom stereocenters. The van der Waals surface area contributed by atoms with Crippen LogP contribution in [-0.2, 0) is 6.42 Å². The molecule has 2 saturated heterocycles. The van der Waals surface area contributed by atoms with Crippen molar-refractivity contribution in [3.8, 4) is 0 Å². The van der Waals surface area contributed by atoms with Crippen LogP contribution in [0.1, 0.15) is 25.5 Å². The van der Waals surface area contributed by atoms with Crippen molar-refractivity contribution in [1.82, 2.24) is 30.4 Å². The fraction of sp³-hybridized carbons (Fsp3) is 0.706. The number of nitrogens with zero attached hydrogens (tertiary/aromatic N) is 4. The van der Waals surface area contributed by atoms with Crippen LogP contribution in [0.15, 0.2) is 18.6 Å². The van der Waals surface area contributed by atoms with Gasteiger partial charge in [0.1, 0.15) is 0 Å². The maximum absolute atomic E-state index is 12.5. The van der Waals surface area contributed by atoms with Gasteiger partial charge in [-0.05, 0) is 19.4 Å². The van der Waals surface area contributed by atoms with Crippen molar-refractivity contribution in [2.45, 2.75) is 38.3 Å². The number of hydrogen-bond acceptors (Lipinski definition) is 5. The monoisotopic (exact) mass is 332 g/mol. The van der Waals surface area contributed by atoms with Crippen LogP contribution in [-0.4, -0.2) is 77.2 Å². The molecule has 3 rings (SSSR count). The number of urea groups is 1. The molecule has 0 bridgehead atoms. The molecule has 0 spiro atoms. The molecule has 0 saturated carbocycles. The lowest BCUT2D eigenvalue weighted by Crippen LogP contribution is -2.55. The first-order valence-corrected chi connectivity index (χ1v) is 9.02. The minimum Gasteiger partial charge on any atom is -0.334 e. The zero-order chi connectivity index (χ0) is 16.8. The number of nitrogens with one attached hydrogen (secondary N) is 2. The largest absolute Gasteiger partial charge is 0.334 e. The Hall–Kier alpha value is -1.73. The van der Waals surface area contributed by atoms with Crippen molar-refractivity contribution in [3.63, 3.8) is 0 Å². The summed E-state index contributed by atoms with van der Waals surface area (Å²) in [5, 5.41) is 6.66. The van der Waals surface area contributed by atoms with Crippen LogP contribution in [0.5, 0.6) is 0 Å². The fourth-order valence-electron chi connectivity index (χ4n) is 3.53. The molecule has 2 fully saturated rings. The second-order valence-corrected chi connectivity index (χ2v) is 6.59. The maximum Gasteiger partial charge on any atom is 0.317 e. The van der Waals surface area contributed by atoms with Crippen LogP contribution in [0.25, 0.3) is 0 Å². The first-order chi connectivity index (χ1) is 11.8. The van der Waals surface area contributed by atoms with Crippen molar-refractivity contribution in [3.05, 3.63) is 24.3 Å². The summed E-state index contributed by atoms with van der Waals surface area (Å²) in [5.74, 6) is 0. The lowest BCUT2D eigenvalue weighted by Gasteiger charge is -2.35. The second-order valence-electron chi connectivity index (χ2n) is 6.59. The molecule has 3 heterocycles. The lowest BCUT2D eigenvalue weighted by molar-refractivity contribution is 0.137. The molecule has 0 aromatic carbocycles. The second kappa shape index (κ2) is 8.39. The molecule has 2 atom stereocenters. The molecule has 24 heavy (non-hydrogen) atoms. The van der Waals surface area contributed by atoms with E-state index in [1.165, 1.54) is 0 Å². The molecular formula is C17H28N6O. The van der Waals surface area contributed by atoms with E-state index < -0.39 is 0 Å². The minimum atomic E-state index is 0.0933. The van der Waals surface area contributed by atoms with Crippen LogP contribution in [0, 0.1) is 0 Å². The maximum atomic E-state index is 12.5. The third-order valence-electron chi connectivity index (χ3n) is 5.06. The first-order valence-electron chi connectivity index (χ1n) is 9.02. The normalized spacial score (nSPS) is 25.0. The van der Waals surface area contributed by atoms with E-state index in [0.29, 0.717) is 6.04 Å². The van der Waals surface area contributed by atoms with E-state index >= 15 is 0 Å². The molecule has 1 aromatic rings. The summed E-state index contributed by atoms with van der Waals surface area (Å²) in [7, 11) is 0. The van der Waals surface area contributed by atoms with Gasteiger partial charge in [0.05, 0.1) is 5.69 Å². The molecule has 132 valence electrons. The lowest BCUT2D eigenvalue weighted by atomic mass is 10.1. The Bertz CT molecular complexity index is 517. The smallest absolute Gasteiger partial charge is 0.317 e. The van der Waals surface area contributed by atoms with E-state index in [9.17, 15) is 4.79 Å². The third-order valence-corrected chi connectivity index (χ3v) is 5.06. The van der Waals surface area contributed by atoms with Gasteiger partial charge in [0.2, 0.25) is 0 Å². The average Bonchev–Trinajstić information content (AvgIpc) is 3.08. The van der Waals surface area contributed by atoms with Crippen molar-refractivity contribution in [1.29, 1.82) is 0 Å². The molecule has 0 aliphatic carbocycles. The Balaban J connectivity index is 1.39. The summed E-state index contributed by atoms with van der Waals surface area (Å²) in [6.45, 7) is 7.57.